The van der Waals surface area contributed by atoms with Crippen LogP contribution in [0.5, 0.6) is 11.5 Å². The molecular formula is C19H29NO3. The molecule has 128 valence electrons. The largest absolute Gasteiger partial charge is 0.493 e. The standard InChI is InChI=1S/C19H29NO3/c1-12(2)7-14-11-20-6-5-13-8-18(22-3)19(23-4)9-15(13)16(20)10-17(14)21/h8-9,12,14,16-17,21H,5-7,10-11H2,1-4H3/i4D3,5D2,6D2,8D,9D,10D2,11D2,14D,17D. The SMILES string of the molecule is [2H]c1c(OC([2H])([2H])[2H])c(OC)c([2H])c2c1C1N(C([2H])([2H])C2([2H])[2H])C([2H])([2H])C([2H])(CC(C)C)C([2H])(O)C1([2H])[2H]. The van der Waals surface area contributed by atoms with Gasteiger partial charge in [0.25, 0.3) is 0 Å². The van der Waals surface area contributed by atoms with Crippen LogP contribution in [0.3, 0.4) is 0 Å². The fraction of sp³-hybridized carbons (Fsp3) is 0.684. The first kappa shape index (κ1) is 6.23. The third kappa shape index (κ3) is 3.20. The molecule has 0 bridgehead atoms. The van der Waals surface area contributed by atoms with Gasteiger partial charge in [0.1, 0.15) is 0 Å². The topological polar surface area (TPSA) is 41.9 Å². The van der Waals surface area contributed by atoms with Crippen LogP contribution >= 0.6 is 0 Å². The normalized spacial score (nSPS) is 52.7. The van der Waals surface area contributed by atoms with Gasteiger partial charge in [-0.15, -0.1) is 0 Å². The first-order valence-corrected chi connectivity index (χ1v) is 7.19. The number of ether oxygens (including phenoxy) is 2. The van der Waals surface area contributed by atoms with Crippen molar-refractivity contribution in [1.82, 2.24) is 4.90 Å². The molecule has 23 heavy (non-hydrogen) atoms. The van der Waals surface area contributed by atoms with Crippen LogP contribution in [0.2, 0.25) is 0 Å². The van der Waals surface area contributed by atoms with Gasteiger partial charge < -0.3 is 14.6 Å². The molecule has 0 saturated carbocycles. The minimum Gasteiger partial charge on any atom is -0.493 e. The molecule has 2 aliphatic rings. The van der Waals surface area contributed by atoms with Gasteiger partial charge in [-0.25, -0.2) is 0 Å². The molecule has 3 atom stereocenters. The fourth-order valence-electron chi connectivity index (χ4n) is 2.50. The second-order valence-electron chi connectivity index (χ2n) is 5.69. The number of methoxy groups -OCH3 is 2. The number of nitrogens with zero attached hydrogens (tertiary/aromatic N) is 1. The van der Waals surface area contributed by atoms with Crippen LogP contribution in [-0.2, 0) is 6.37 Å². The van der Waals surface area contributed by atoms with Crippen LogP contribution in [0.4, 0.5) is 0 Å². The van der Waals surface area contributed by atoms with E-state index in [0.29, 0.717) is 0 Å². The van der Waals surface area contributed by atoms with Crippen LogP contribution in [-0.4, -0.2) is 43.2 Å². The van der Waals surface area contributed by atoms with E-state index < -0.39 is 97.8 Å². The third-order valence-corrected chi connectivity index (χ3v) is 3.53. The molecule has 0 aromatic heterocycles. The van der Waals surface area contributed by atoms with Crippen molar-refractivity contribution in [3.8, 4) is 11.5 Å². The molecule has 1 saturated heterocycles. The van der Waals surface area contributed by atoms with Crippen molar-refractivity contribution in [2.45, 2.75) is 45.1 Å². The summed E-state index contributed by atoms with van der Waals surface area (Å²) < 4.78 is 137. The Morgan fingerprint density at radius 1 is 1.48 bits per heavy atom. The van der Waals surface area contributed by atoms with E-state index in [2.05, 4.69) is 0 Å². The molecule has 3 unspecified atom stereocenters. The summed E-state index contributed by atoms with van der Waals surface area (Å²) in [5.41, 5.74) is -1.86. The average molecular weight is 335 g/mol. The Morgan fingerprint density at radius 3 is 2.96 bits per heavy atom. The Hall–Kier alpha value is -1.26. The van der Waals surface area contributed by atoms with Crippen molar-refractivity contribution in [3.63, 3.8) is 0 Å². The smallest absolute Gasteiger partial charge is 0.161 e. The second kappa shape index (κ2) is 6.70. The zero-order valence-electron chi connectivity index (χ0n) is 28.1. The number of piperidine rings is 1. The molecule has 1 aromatic rings. The van der Waals surface area contributed by atoms with Gasteiger partial charge in [0.05, 0.1) is 28.5 Å². The summed E-state index contributed by atoms with van der Waals surface area (Å²) in [6.07, 6.45) is -11.1. The molecule has 4 heteroatoms. The van der Waals surface area contributed by atoms with Gasteiger partial charge in [-0.2, -0.15) is 0 Å². The molecule has 4 nitrogen and oxygen atoms in total. The third-order valence-electron chi connectivity index (χ3n) is 3.53. The van der Waals surface area contributed by atoms with E-state index in [4.69, 9.17) is 30.0 Å². The molecule has 3 rings (SSSR count). The maximum Gasteiger partial charge on any atom is 0.161 e. The van der Waals surface area contributed by atoms with E-state index in [9.17, 15) is 5.11 Å². The van der Waals surface area contributed by atoms with Crippen LogP contribution in [0, 0.1) is 11.8 Å². The lowest BCUT2D eigenvalue weighted by Gasteiger charge is -2.46. The predicted octanol–water partition coefficient (Wildman–Crippen LogP) is 3.03. The molecule has 1 fully saturated rings. The van der Waals surface area contributed by atoms with Crippen molar-refractivity contribution in [1.29, 1.82) is 0 Å². The van der Waals surface area contributed by atoms with E-state index >= 15 is 0 Å². The van der Waals surface area contributed by atoms with Gasteiger partial charge in [0.2, 0.25) is 0 Å². The summed E-state index contributed by atoms with van der Waals surface area (Å²) in [4.78, 5) is 0.0593. The van der Waals surface area contributed by atoms with Gasteiger partial charge in [0, 0.05) is 31.4 Å². The molecule has 2 heterocycles. The Kier molecular flexibility index (Phi) is 1.81. The van der Waals surface area contributed by atoms with Crippen molar-refractivity contribution < 1.29 is 35.1 Å². The molecule has 1 N–H and O–H groups in total. The zero-order valence-corrected chi connectivity index (χ0v) is 13.1. The van der Waals surface area contributed by atoms with Crippen LogP contribution in [0.1, 0.15) is 64.4 Å². The van der Waals surface area contributed by atoms with Crippen molar-refractivity contribution in [3.05, 3.63) is 23.2 Å². The van der Waals surface area contributed by atoms with E-state index in [-0.39, 0.29) is 4.90 Å². The van der Waals surface area contributed by atoms with Crippen molar-refractivity contribution >= 4 is 0 Å². The monoisotopic (exact) mass is 334 g/mol. The molecular weight excluding hydrogens is 290 g/mol. The van der Waals surface area contributed by atoms with Crippen molar-refractivity contribution in [2.75, 3.05) is 27.1 Å². The predicted molar refractivity (Wildman–Crippen MR) is 91.1 cm³/mol. The van der Waals surface area contributed by atoms with Crippen molar-refractivity contribution in [2.24, 2.45) is 11.8 Å². The molecule has 0 spiro atoms. The van der Waals surface area contributed by atoms with Crippen LogP contribution in [0.25, 0.3) is 0 Å². The summed E-state index contributed by atoms with van der Waals surface area (Å²) in [6.45, 7) is -3.91. The summed E-state index contributed by atoms with van der Waals surface area (Å²) >= 11 is 0. The van der Waals surface area contributed by atoms with Gasteiger partial charge >= 0.3 is 0 Å². The van der Waals surface area contributed by atoms with Gasteiger partial charge in [0.15, 0.2) is 11.5 Å². The molecule has 0 aliphatic carbocycles. The lowest BCUT2D eigenvalue weighted by Crippen LogP contribution is -2.48. The number of aliphatic hydroxyl groups is 1. The Bertz CT molecular complexity index is 1130. The lowest BCUT2D eigenvalue weighted by atomic mass is 9.79. The maximum absolute atomic E-state index is 11.3. The minimum absolute atomic E-state index is 0.0593. The van der Waals surface area contributed by atoms with Gasteiger partial charge in [-0.1, -0.05) is 13.8 Å². The second-order valence-corrected chi connectivity index (χ2v) is 5.69. The Labute approximate surface area is 160 Å². The molecule has 0 radical (unpaired) electrons. The highest BCUT2D eigenvalue weighted by Gasteiger charge is 2.38. The van der Waals surface area contributed by atoms with E-state index in [1.54, 1.807) is 0 Å². The number of benzene rings is 1. The summed E-state index contributed by atoms with van der Waals surface area (Å²) in [7, 11) is -2.26. The highest BCUT2D eigenvalue weighted by Crippen LogP contribution is 2.43. The Morgan fingerprint density at radius 2 is 2.26 bits per heavy atom. The first-order valence-electron chi connectivity index (χ1n) is 14.7. The molecule has 0 amide bonds. The first-order chi connectivity index (χ1) is 16.8. The van der Waals surface area contributed by atoms with E-state index in [1.165, 1.54) is 13.8 Å². The average Bonchev–Trinajstić information content (AvgIpc) is 2.70. The number of rotatable bonds is 4. The fourth-order valence-corrected chi connectivity index (χ4v) is 2.50. The van der Waals surface area contributed by atoms with Gasteiger partial charge in [-0.3, -0.25) is 4.90 Å². The van der Waals surface area contributed by atoms with Crippen LogP contribution in [0.15, 0.2) is 12.1 Å². The number of hydrogen-bond donors (Lipinski definition) is 1. The zero-order chi connectivity index (χ0) is 29.8. The minimum atomic E-state index is -3.61. The van der Waals surface area contributed by atoms with E-state index in [1.807, 2.05) is 0 Å². The maximum atomic E-state index is 11.3. The highest BCUT2D eigenvalue weighted by atomic mass is 16.5. The lowest BCUT2D eigenvalue weighted by molar-refractivity contribution is -0.0191. The Balaban J connectivity index is 2.59. The highest BCUT2D eigenvalue weighted by molar-refractivity contribution is 5.49. The van der Waals surface area contributed by atoms with Gasteiger partial charge in [-0.05, 0) is 54.2 Å². The van der Waals surface area contributed by atoms with Crippen LogP contribution < -0.4 is 9.47 Å². The number of fused-ring (bicyclic) bond motifs is 3. The van der Waals surface area contributed by atoms with E-state index in [0.717, 1.165) is 7.11 Å². The molecule has 1 aromatic carbocycles. The quantitative estimate of drug-likeness (QED) is 0.919. The number of hydrogen-bond acceptors (Lipinski definition) is 4. The summed E-state index contributed by atoms with van der Waals surface area (Å²) in [6, 6.07) is -4.52. The summed E-state index contributed by atoms with van der Waals surface area (Å²) in [5.74, 6) is -5.37. The summed E-state index contributed by atoms with van der Waals surface area (Å²) in [5, 5.41) is 11.3. The molecule has 2 aliphatic heterocycles.